The Balaban J connectivity index is 1.28. The van der Waals surface area contributed by atoms with Crippen LogP contribution in [0.3, 0.4) is 0 Å². The summed E-state index contributed by atoms with van der Waals surface area (Å²) in [5.74, 6) is -0.751. The molecule has 0 fully saturated rings. The lowest BCUT2D eigenvalue weighted by molar-refractivity contribution is -0.125. The predicted octanol–water partition coefficient (Wildman–Crippen LogP) is 5.37. The molecule has 0 saturated heterocycles. The van der Waals surface area contributed by atoms with Crippen LogP contribution in [-0.4, -0.2) is 51.5 Å². The molecule has 10 nitrogen and oxygen atoms in total. The van der Waals surface area contributed by atoms with Gasteiger partial charge in [0.2, 0.25) is 11.8 Å². The van der Waals surface area contributed by atoms with Gasteiger partial charge < -0.3 is 29.8 Å². The summed E-state index contributed by atoms with van der Waals surface area (Å²) in [7, 11) is 0. The Kier molecular flexibility index (Phi) is 11.4. The Morgan fingerprint density at radius 1 is 0.915 bits per heavy atom. The standard InChI is InChI=1S/C37H42N4O6/c1-25(2)21-31(40-37(45)47-23-27-13-7-4-8-14-27)34(43)38-30(18-17-26-11-5-3-6-12-26)33(42)35-39-32(24-46-35)36(44)41-20-19-28-15-9-10-16-29(28)22-41/h3-16,24-25,30-31,33,42H,17-23H2,1-2H3,(H,38,43)(H,40,45). The average molecular weight is 639 g/mol. The van der Waals surface area contributed by atoms with Crippen LogP contribution in [-0.2, 0) is 35.5 Å². The molecule has 3 N–H and O–H groups in total. The number of ether oxygens (including phenoxy) is 1. The van der Waals surface area contributed by atoms with Crippen LogP contribution in [0, 0.1) is 5.92 Å². The van der Waals surface area contributed by atoms with Crippen LogP contribution in [0.15, 0.2) is 95.6 Å². The fourth-order valence-corrected chi connectivity index (χ4v) is 5.69. The highest BCUT2D eigenvalue weighted by atomic mass is 16.5. The number of hydrogen-bond acceptors (Lipinski definition) is 7. The number of oxazole rings is 1. The minimum Gasteiger partial charge on any atom is -0.445 e. The van der Waals surface area contributed by atoms with Gasteiger partial charge in [0.1, 0.15) is 18.9 Å². The van der Waals surface area contributed by atoms with E-state index in [-0.39, 0.29) is 30.0 Å². The molecule has 0 saturated carbocycles. The summed E-state index contributed by atoms with van der Waals surface area (Å²) in [6.07, 6.45) is 1.17. The van der Waals surface area contributed by atoms with Crippen molar-refractivity contribution in [1.82, 2.24) is 20.5 Å². The second kappa shape index (κ2) is 16.0. The molecule has 1 aliphatic heterocycles. The third-order valence-electron chi connectivity index (χ3n) is 8.24. The quantitative estimate of drug-likeness (QED) is 0.179. The maximum atomic E-state index is 13.7. The molecule has 1 aliphatic rings. The number of aliphatic hydroxyl groups is 1. The van der Waals surface area contributed by atoms with E-state index in [1.807, 2.05) is 92.7 Å². The fourth-order valence-electron chi connectivity index (χ4n) is 5.69. The monoisotopic (exact) mass is 638 g/mol. The smallest absolute Gasteiger partial charge is 0.408 e. The normalized spacial score (nSPS) is 14.5. The minimum atomic E-state index is -1.35. The van der Waals surface area contributed by atoms with Crippen LogP contribution in [0.4, 0.5) is 4.79 Å². The molecule has 3 amide bonds. The number of fused-ring (bicyclic) bond motifs is 1. The minimum absolute atomic E-state index is 0.0657. The average Bonchev–Trinajstić information content (AvgIpc) is 3.59. The van der Waals surface area contributed by atoms with Gasteiger partial charge in [0.25, 0.3) is 5.91 Å². The maximum absolute atomic E-state index is 13.7. The second-order valence-corrected chi connectivity index (χ2v) is 12.3. The van der Waals surface area contributed by atoms with E-state index >= 15 is 0 Å². The molecule has 5 rings (SSSR count). The zero-order valence-electron chi connectivity index (χ0n) is 26.8. The van der Waals surface area contributed by atoms with Gasteiger partial charge in [-0.05, 0) is 53.9 Å². The number of amides is 3. The lowest BCUT2D eigenvalue weighted by Gasteiger charge is -2.28. The van der Waals surface area contributed by atoms with Crippen molar-refractivity contribution in [2.75, 3.05) is 6.54 Å². The molecule has 4 aromatic rings. The maximum Gasteiger partial charge on any atom is 0.408 e. The number of benzene rings is 3. The number of aromatic nitrogens is 1. The Labute approximate surface area is 275 Å². The second-order valence-electron chi connectivity index (χ2n) is 12.3. The van der Waals surface area contributed by atoms with Crippen LogP contribution in [0.1, 0.15) is 71.4 Å². The van der Waals surface area contributed by atoms with Crippen molar-refractivity contribution in [3.8, 4) is 0 Å². The number of carbonyl (C=O) groups is 3. The lowest BCUT2D eigenvalue weighted by atomic mass is 9.99. The van der Waals surface area contributed by atoms with Crippen molar-refractivity contribution in [2.24, 2.45) is 5.92 Å². The first-order chi connectivity index (χ1) is 22.8. The third kappa shape index (κ3) is 9.29. The summed E-state index contributed by atoms with van der Waals surface area (Å²) in [6, 6.07) is 25.3. The molecule has 0 bridgehead atoms. The van der Waals surface area contributed by atoms with E-state index < -0.39 is 30.2 Å². The van der Waals surface area contributed by atoms with Crippen LogP contribution < -0.4 is 10.6 Å². The number of alkyl carbamates (subject to hydrolysis) is 1. The molecular formula is C37H42N4O6. The first-order valence-corrected chi connectivity index (χ1v) is 16.1. The molecule has 1 aromatic heterocycles. The summed E-state index contributed by atoms with van der Waals surface area (Å²) in [6.45, 7) is 4.98. The van der Waals surface area contributed by atoms with Gasteiger partial charge in [-0.3, -0.25) is 9.59 Å². The molecule has 0 spiro atoms. The van der Waals surface area contributed by atoms with Crippen LogP contribution >= 0.6 is 0 Å². The zero-order chi connectivity index (χ0) is 33.2. The van der Waals surface area contributed by atoms with Crippen LogP contribution in [0.2, 0.25) is 0 Å². The molecule has 2 heterocycles. The summed E-state index contributed by atoms with van der Waals surface area (Å²) in [5.41, 5.74) is 4.25. The van der Waals surface area contributed by atoms with E-state index in [2.05, 4.69) is 21.7 Å². The Morgan fingerprint density at radius 2 is 1.57 bits per heavy atom. The summed E-state index contributed by atoms with van der Waals surface area (Å²) in [5, 5.41) is 17.1. The van der Waals surface area contributed by atoms with Crippen LogP contribution in [0.5, 0.6) is 0 Å². The highest BCUT2D eigenvalue weighted by molar-refractivity contribution is 5.92. The molecule has 47 heavy (non-hydrogen) atoms. The lowest BCUT2D eigenvalue weighted by Crippen LogP contribution is -2.51. The van der Waals surface area contributed by atoms with Crippen molar-refractivity contribution < 1.29 is 28.6 Å². The highest BCUT2D eigenvalue weighted by Gasteiger charge is 2.32. The van der Waals surface area contributed by atoms with Gasteiger partial charge in [-0.2, -0.15) is 0 Å². The van der Waals surface area contributed by atoms with Crippen molar-refractivity contribution in [2.45, 2.75) is 70.9 Å². The van der Waals surface area contributed by atoms with Crippen molar-refractivity contribution in [3.05, 3.63) is 125 Å². The molecule has 0 radical (unpaired) electrons. The third-order valence-corrected chi connectivity index (χ3v) is 8.24. The molecular weight excluding hydrogens is 596 g/mol. The Bertz CT molecular complexity index is 1620. The number of aliphatic hydroxyl groups excluding tert-OH is 1. The summed E-state index contributed by atoms with van der Waals surface area (Å²) < 4.78 is 11.0. The molecule has 246 valence electrons. The van der Waals surface area contributed by atoms with E-state index in [0.717, 1.165) is 23.1 Å². The predicted molar refractivity (Wildman–Crippen MR) is 176 cm³/mol. The van der Waals surface area contributed by atoms with E-state index in [9.17, 15) is 19.5 Å². The number of rotatable bonds is 13. The van der Waals surface area contributed by atoms with E-state index in [1.54, 1.807) is 4.90 Å². The van der Waals surface area contributed by atoms with Crippen molar-refractivity contribution in [3.63, 3.8) is 0 Å². The van der Waals surface area contributed by atoms with E-state index in [4.69, 9.17) is 9.15 Å². The number of hydrogen-bond donors (Lipinski definition) is 3. The molecule has 3 unspecified atom stereocenters. The van der Waals surface area contributed by atoms with Crippen molar-refractivity contribution >= 4 is 17.9 Å². The van der Waals surface area contributed by atoms with Gasteiger partial charge in [-0.1, -0.05) is 98.8 Å². The number of carbonyl (C=O) groups excluding carboxylic acids is 3. The Hall–Kier alpha value is -4.96. The van der Waals surface area contributed by atoms with E-state index in [1.165, 1.54) is 11.8 Å². The van der Waals surface area contributed by atoms with Gasteiger partial charge in [0.15, 0.2) is 11.8 Å². The molecule has 3 aromatic carbocycles. The van der Waals surface area contributed by atoms with Gasteiger partial charge in [-0.15, -0.1) is 0 Å². The fraction of sp³-hybridized carbons (Fsp3) is 0.351. The molecule has 3 atom stereocenters. The largest absolute Gasteiger partial charge is 0.445 e. The number of aryl methyl sites for hydroxylation is 1. The van der Waals surface area contributed by atoms with Gasteiger partial charge in [0, 0.05) is 13.1 Å². The first-order valence-electron chi connectivity index (χ1n) is 16.1. The Morgan fingerprint density at radius 3 is 2.28 bits per heavy atom. The van der Waals surface area contributed by atoms with Gasteiger partial charge in [-0.25, -0.2) is 9.78 Å². The number of nitrogens with zero attached hydrogens (tertiary/aromatic N) is 2. The van der Waals surface area contributed by atoms with E-state index in [0.29, 0.717) is 32.4 Å². The first kappa shape index (κ1) is 33.4. The van der Waals surface area contributed by atoms with Crippen molar-refractivity contribution in [1.29, 1.82) is 0 Å². The summed E-state index contributed by atoms with van der Waals surface area (Å²) >= 11 is 0. The van der Waals surface area contributed by atoms with Gasteiger partial charge in [0.05, 0.1) is 6.04 Å². The SMILES string of the molecule is CC(C)CC(NC(=O)OCc1ccccc1)C(=O)NC(CCc1ccccc1)C(O)c1nc(C(=O)N2CCc3ccccc3C2)co1. The number of nitrogens with one attached hydrogen (secondary N) is 2. The van der Waals surface area contributed by atoms with Gasteiger partial charge >= 0.3 is 6.09 Å². The highest BCUT2D eigenvalue weighted by Crippen LogP contribution is 2.24. The van der Waals surface area contributed by atoms with Crippen LogP contribution in [0.25, 0.3) is 0 Å². The summed E-state index contributed by atoms with van der Waals surface area (Å²) in [4.78, 5) is 45.8. The molecule has 0 aliphatic carbocycles. The zero-order valence-corrected chi connectivity index (χ0v) is 26.8. The molecule has 10 heteroatoms. The topological polar surface area (TPSA) is 134 Å².